The summed E-state index contributed by atoms with van der Waals surface area (Å²) < 4.78 is 5.36. The molecule has 0 radical (unpaired) electrons. The number of ether oxygens (including phenoxy) is 1. The number of carbonyl (C=O) groups excluding carboxylic acids is 1. The maximum atomic E-state index is 12.1. The molecule has 1 amide bonds. The molecule has 3 heteroatoms. The maximum Gasteiger partial charge on any atom is 0.410 e. The van der Waals surface area contributed by atoms with Crippen LogP contribution in [0.25, 0.3) is 0 Å². The van der Waals surface area contributed by atoms with Gasteiger partial charge in [-0.25, -0.2) is 4.79 Å². The molecule has 0 N–H and O–H groups in total. The van der Waals surface area contributed by atoms with Crippen LogP contribution in [-0.4, -0.2) is 30.2 Å². The largest absolute Gasteiger partial charge is 0.449 e. The number of unbranched alkanes of at least 4 members (excludes halogenated alkanes) is 1. The Balaban J connectivity index is 2.44. The van der Waals surface area contributed by atoms with Gasteiger partial charge in [0.25, 0.3) is 0 Å². The molecule has 0 aliphatic heterocycles. The molecule has 1 aliphatic carbocycles. The zero-order valence-corrected chi connectivity index (χ0v) is 12.3. The van der Waals surface area contributed by atoms with Crippen LogP contribution in [0.3, 0.4) is 0 Å². The molecule has 1 fully saturated rings. The van der Waals surface area contributed by atoms with E-state index in [4.69, 9.17) is 4.74 Å². The summed E-state index contributed by atoms with van der Waals surface area (Å²) in [6.45, 7) is 7.95. The van der Waals surface area contributed by atoms with Crippen LogP contribution in [0.4, 0.5) is 4.79 Å². The van der Waals surface area contributed by atoms with Crippen LogP contribution in [0.15, 0.2) is 0 Å². The molecule has 0 aromatic carbocycles. The maximum absolute atomic E-state index is 12.1. The number of hydrogen-bond donors (Lipinski definition) is 0. The van der Waals surface area contributed by atoms with Crippen molar-refractivity contribution in [1.82, 2.24) is 4.90 Å². The second-order valence-corrected chi connectivity index (χ2v) is 5.58. The van der Waals surface area contributed by atoms with Gasteiger partial charge in [0.1, 0.15) is 0 Å². The molecule has 106 valence electrons. The molecule has 0 heterocycles. The third-order valence-corrected chi connectivity index (χ3v) is 3.85. The van der Waals surface area contributed by atoms with E-state index in [1.54, 1.807) is 0 Å². The van der Waals surface area contributed by atoms with Crippen molar-refractivity contribution in [2.45, 2.75) is 71.8 Å². The predicted octanol–water partition coefficient (Wildman–Crippen LogP) is 4.21. The fourth-order valence-electron chi connectivity index (χ4n) is 2.60. The Labute approximate surface area is 112 Å². The van der Waals surface area contributed by atoms with E-state index in [9.17, 15) is 4.79 Å². The Kier molecular flexibility index (Phi) is 7.14. The van der Waals surface area contributed by atoms with E-state index in [1.807, 2.05) is 4.90 Å². The van der Waals surface area contributed by atoms with E-state index in [2.05, 4.69) is 20.8 Å². The first kappa shape index (κ1) is 15.3. The van der Waals surface area contributed by atoms with Crippen molar-refractivity contribution in [3.8, 4) is 0 Å². The standard InChI is InChI=1S/C15H29NO2/c1-4-6-12-18-15(17)16(11-5-2)14-9-7-13(3)8-10-14/h13-14H,4-12H2,1-3H3/t13-,14-. The van der Waals surface area contributed by atoms with E-state index in [1.165, 1.54) is 12.8 Å². The molecular weight excluding hydrogens is 226 g/mol. The molecule has 0 saturated heterocycles. The van der Waals surface area contributed by atoms with Gasteiger partial charge in [-0.15, -0.1) is 0 Å². The van der Waals surface area contributed by atoms with Gasteiger partial charge >= 0.3 is 6.09 Å². The van der Waals surface area contributed by atoms with Crippen molar-refractivity contribution < 1.29 is 9.53 Å². The van der Waals surface area contributed by atoms with E-state index in [0.29, 0.717) is 12.6 Å². The third-order valence-electron chi connectivity index (χ3n) is 3.85. The summed E-state index contributed by atoms with van der Waals surface area (Å²) >= 11 is 0. The number of rotatable bonds is 6. The highest BCUT2D eigenvalue weighted by molar-refractivity contribution is 5.68. The second-order valence-electron chi connectivity index (χ2n) is 5.58. The smallest absolute Gasteiger partial charge is 0.410 e. The highest BCUT2D eigenvalue weighted by Gasteiger charge is 2.27. The number of hydrogen-bond acceptors (Lipinski definition) is 2. The van der Waals surface area contributed by atoms with Crippen LogP contribution >= 0.6 is 0 Å². The minimum Gasteiger partial charge on any atom is -0.449 e. The molecule has 0 aromatic rings. The Morgan fingerprint density at radius 1 is 1.17 bits per heavy atom. The molecule has 0 aromatic heterocycles. The van der Waals surface area contributed by atoms with Crippen molar-refractivity contribution in [2.75, 3.05) is 13.2 Å². The quantitative estimate of drug-likeness (QED) is 0.665. The number of carbonyl (C=O) groups is 1. The summed E-state index contributed by atoms with van der Waals surface area (Å²) in [7, 11) is 0. The molecule has 0 bridgehead atoms. The average Bonchev–Trinajstić information content (AvgIpc) is 2.37. The van der Waals surface area contributed by atoms with Crippen LogP contribution in [-0.2, 0) is 4.74 Å². The first-order valence-electron chi connectivity index (χ1n) is 7.62. The zero-order chi connectivity index (χ0) is 13.4. The molecule has 0 unspecified atom stereocenters. The molecule has 1 saturated carbocycles. The minimum absolute atomic E-state index is 0.0927. The van der Waals surface area contributed by atoms with Gasteiger partial charge < -0.3 is 9.64 Å². The lowest BCUT2D eigenvalue weighted by atomic mass is 9.86. The van der Waals surface area contributed by atoms with Crippen molar-refractivity contribution >= 4 is 6.09 Å². The first-order valence-corrected chi connectivity index (χ1v) is 7.62. The summed E-state index contributed by atoms with van der Waals surface area (Å²) in [6.07, 6.45) is 7.73. The molecule has 0 atom stereocenters. The van der Waals surface area contributed by atoms with E-state index in [0.717, 1.165) is 44.6 Å². The molecule has 1 rings (SSSR count). The van der Waals surface area contributed by atoms with Crippen LogP contribution in [0, 0.1) is 5.92 Å². The fraction of sp³-hybridized carbons (Fsp3) is 0.933. The third kappa shape index (κ3) is 4.87. The van der Waals surface area contributed by atoms with Gasteiger partial charge in [-0.3, -0.25) is 0 Å². The highest BCUT2D eigenvalue weighted by Crippen LogP contribution is 2.27. The zero-order valence-electron chi connectivity index (χ0n) is 12.3. The average molecular weight is 255 g/mol. The molecule has 18 heavy (non-hydrogen) atoms. The van der Waals surface area contributed by atoms with Crippen molar-refractivity contribution in [1.29, 1.82) is 0 Å². The lowest BCUT2D eigenvalue weighted by molar-refractivity contribution is 0.0722. The Bertz CT molecular complexity index is 235. The highest BCUT2D eigenvalue weighted by atomic mass is 16.6. The molecular formula is C15H29NO2. The van der Waals surface area contributed by atoms with Crippen molar-refractivity contribution in [2.24, 2.45) is 5.92 Å². The summed E-state index contributed by atoms with van der Waals surface area (Å²) in [5.41, 5.74) is 0. The minimum atomic E-state index is -0.0927. The van der Waals surface area contributed by atoms with Crippen LogP contribution in [0.1, 0.15) is 65.7 Å². The van der Waals surface area contributed by atoms with E-state index < -0.39 is 0 Å². The van der Waals surface area contributed by atoms with Crippen LogP contribution in [0.5, 0.6) is 0 Å². The van der Waals surface area contributed by atoms with Gasteiger partial charge in [-0.2, -0.15) is 0 Å². The van der Waals surface area contributed by atoms with Gasteiger partial charge in [0.05, 0.1) is 6.61 Å². The van der Waals surface area contributed by atoms with Crippen molar-refractivity contribution in [3.05, 3.63) is 0 Å². The Morgan fingerprint density at radius 2 is 1.83 bits per heavy atom. The van der Waals surface area contributed by atoms with Gasteiger partial charge in [-0.1, -0.05) is 27.2 Å². The van der Waals surface area contributed by atoms with Crippen LogP contribution < -0.4 is 0 Å². The molecule has 1 aliphatic rings. The lowest BCUT2D eigenvalue weighted by Crippen LogP contribution is -2.43. The van der Waals surface area contributed by atoms with E-state index in [-0.39, 0.29) is 6.09 Å². The van der Waals surface area contributed by atoms with E-state index >= 15 is 0 Å². The SMILES string of the molecule is CCCCOC(=O)N(CCC)[C@H]1CC[C@H](C)CC1. The summed E-state index contributed by atoms with van der Waals surface area (Å²) in [4.78, 5) is 14.1. The second kappa shape index (κ2) is 8.39. The van der Waals surface area contributed by atoms with Gasteiger partial charge in [0, 0.05) is 12.6 Å². The Hall–Kier alpha value is -0.730. The molecule has 0 spiro atoms. The summed E-state index contributed by atoms with van der Waals surface area (Å²) in [5, 5.41) is 0. The predicted molar refractivity (Wildman–Crippen MR) is 74.7 cm³/mol. The van der Waals surface area contributed by atoms with Gasteiger partial charge in [0.15, 0.2) is 0 Å². The van der Waals surface area contributed by atoms with Crippen LogP contribution in [0.2, 0.25) is 0 Å². The monoisotopic (exact) mass is 255 g/mol. The summed E-state index contributed by atoms with van der Waals surface area (Å²) in [5.74, 6) is 0.820. The Morgan fingerprint density at radius 3 is 2.39 bits per heavy atom. The summed E-state index contributed by atoms with van der Waals surface area (Å²) in [6, 6.07) is 0.412. The number of amides is 1. The fourth-order valence-corrected chi connectivity index (χ4v) is 2.60. The normalized spacial score (nSPS) is 23.7. The van der Waals surface area contributed by atoms with Gasteiger partial charge in [-0.05, 0) is 44.4 Å². The topological polar surface area (TPSA) is 29.5 Å². The van der Waals surface area contributed by atoms with Gasteiger partial charge in [0.2, 0.25) is 0 Å². The van der Waals surface area contributed by atoms with Crippen molar-refractivity contribution in [3.63, 3.8) is 0 Å². The first-order chi connectivity index (χ1) is 8.69. The number of nitrogens with zero attached hydrogens (tertiary/aromatic N) is 1. The lowest BCUT2D eigenvalue weighted by Gasteiger charge is -2.35. The molecule has 3 nitrogen and oxygen atoms in total.